The summed E-state index contributed by atoms with van der Waals surface area (Å²) in [5.74, 6) is -1.19. The lowest BCUT2D eigenvalue weighted by molar-refractivity contribution is 0.586. The summed E-state index contributed by atoms with van der Waals surface area (Å²) in [6.07, 6.45) is 0. The van der Waals surface area contributed by atoms with Crippen molar-refractivity contribution in [2.75, 3.05) is 4.90 Å². The van der Waals surface area contributed by atoms with Crippen LogP contribution >= 0.6 is 0 Å². The third-order valence-electron chi connectivity index (χ3n) is 8.72. The van der Waals surface area contributed by atoms with E-state index in [1.807, 2.05) is 30.3 Å². The Morgan fingerprint density at radius 3 is 2.07 bits per heavy atom. The highest BCUT2D eigenvalue weighted by Crippen LogP contribution is 2.43. The van der Waals surface area contributed by atoms with Crippen LogP contribution in [0.1, 0.15) is 0 Å². The van der Waals surface area contributed by atoms with Gasteiger partial charge in [-0.15, -0.1) is 0 Å². The van der Waals surface area contributed by atoms with E-state index in [-0.39, 0.29) is 12.4 Å². The maximum Gasteiger partial charge on any atom is 0.252 e. The first-order chi connectivity index (χ1) is 20.2. The van der Waals surface area contributed by atoms with Crippen LogP contribution in [0.4, 0.5) is 25.8 Å². The van der Waals surface area contributed by atoms with Gasteiger partial charge in [-0.1, -0.05) is 91.0 Å². The predicted molar refractivity (Wildman–Crippen MR) is 165 cm³/mol. The Morgan fingerprint density at radius 1 is 0.512 bits per heavy atom. The number of rotatable bonds is 2. The number of hydrogen-bond donors (Lipinski definition) is 0. The molecular weight excluding hydrogens is 509 g/mol. The molecule has 0 amide bonds. The maximum atomic E-state index is 15.6. The molecule has 2 nitrogen and oxygen atoms in total. The summed E-state index contributed by atoms with van der Waals surface area (Å²) < 4.78 is 33.6. The van der Waals surface area contributed by atoms with Crippen LogP contribution in [0.2, 0.25) is 0 Å². The molecule has 2 aliphatic heterocycles. The molecule has 0 fully saturated rings. The van der Waals surface area contributed by atoms with E-state index in [0.29, 0.717) is 0 Å². The average Bonchev–Trinajstić information content (AvgIpc) is 3.35. The zero-order valence-electron chi connectivity index (χ0n) is 21.9. The first-order valence-electron chi connectivity index (χ1n) is 13.8. The Kier molecular flexibility index (Phi) is 4.52. The largest absolute Gasteiger partial charge is 0.310 e. The molecule has 7 aromatic rings. The molecule has 192 valence electrons. The summed E-state index contributed by atoms with van der Waals surface area (Å²) in [5, 5.41) is 2.40. The van der Waals surface area contributed by atoms with Crippen LogP contribution in [0.15, 0.2) is 127 Å². The van der Waals surface area contributed by atoms with Crippen LogP contribution in [0.3, 0.4) is 0 Å². The second-order valence-electron chi connectivity index (χ2n) is 10.8. The molecule has 9 rings (SSSR count). The van der Waals surface area contributed by atoms with E-state index in [1.165, 1.54) is 40.0 Å². The van der Waals surface area contributed by atoms with Gasteiger partial charge >= 0.3 is 0 Å². The van der Waals surface area contributed by atoms with E-state index in [1.54, 1.807) is 4.90 Å². The minimum Gasteiger partial charge on any atom is -0.310 e. The number of hydrogen-bond acceptors (Lipinski definition) is 1. The van der Waals surface area contributed by atoms with Gasteiger partial charge in [0.25, 0.3) is 6.71 Å². The fourth-order valence-corrected chi connectivity index (χ4v) is 7.10. The third-order valence-corrected chi connectivity index (χ3v) is 8.72. The summed E-state index contributed by atoms with van der Waals surface area (Å²) in [7, 11) is 0. The predicted octanol–water partition coefficient (Wildman–Crippen LogP) is 7.34. The van der Waals surface area contributed by atoms with Crippen molar-refractivity contribution in [3.8, 4) is 16.8 Å². The van der Waals surface area contributed by atoms with Crippen molar-refractivity contribution >= 4 is 62.0 Å². The lowest BCUT2D eigenvalue weighted by atomic mass is 9.34. The molecular formula is C36H21BF2N2. The van der Waals surface area contributed by atoms with Crippen molar-refractivity contribution < 1.29 is 8.78 Å². The van der Waals surface area contributed by atoms with E-state index in [2.05, 4.69) is 83.4 Å². The molecule has 2 aliphatic rings. The monoisotopic (exact) mass is 530 g/mol. The maximum absolute atomic E-state index is 15.6. The van der Waals surface area contributed by atoms with Crippen molar-refractivity contribution in [2.24, 2.45) is 0 Å². The zero-order chi connectivity index (χ0) is 27.2. The van der Waals surface area contributed by atoms with Crippen LogP contribution in [0, 0.1) is 11.6 Å². The average molecular weight is 530 g/mol. The Morgan fingerprint density at radius 2 is 1.22 bits per heavy atom. The molecule has 0 unspecified atom stereocenters. The van der Waals surface area contributed by atoms with Gasteiger partial charge in [0.2, 0.25) is 0 Å². The van der Waals surface area contributed by atoms with Crippen LogP contribution < -0.4 is 21.3 Å². The van der Waals surface area contributed by atoms with E-state index in [4.69, 9.17) is 0 Å². The number of para-hydroxylation sites is 3. The molecule has 5 heteroatoms. The minimum atomic E-state index is -0.595. The highest BCUT2D eigenvalue weighted by atomic mass is 19.1. The van der Waals surface area contributed by atoms with Crippen LogP contribution in [-0.4, -0.2) is 11.3 Å². The molecule has 0 bridgehead atoms. The third kappa shape index (κ3) is 2.95. The molecule has 0 spiro atoms. The van der Waals surface area contributed by atoms with Crippen molar-refractivity contribution in [1.29, 1.82) is 0 Å². The smallest absolute Gasteiger partial charge is 0.252 e. The summed E-state index contributed by atoms with van der Waals surface area (Å²) in [6, 6.07) is 41.7. The SMILES string of the molecule is Fc1cccc(F)c1N1c2cc(-c3ccccc3)ccc2B2c3c1cccc3-n1c3ccccc3c3cccc2c31. The van der Waals surface area contributed by atoms with Crippen molar-refractivity contribution in [1.82, 2.24) is 4.57 Å². The number of anilines is 3. The van der Waals surface area contributed by atoms with Gasteiger partial charge in [0.05, 0.1) is 5.52 Å². The van der Waals surface area contributed by atoms with Crippen molar-refractivity contribution in [3.05, 3.63) is 139 Å². The van der Waals surface area contributed by atoms with E-state index in [0.717, 1.165) is 44.6 Å². The van der Waals surface area contributed by atoms with Gasteiger partial charge in [0.15, 0.2) is 0 Å². The molecule has 41 heavy (non-hydrogen) atoms. The standard InChI is InChI=1S/C36H21BF2N2/c38-28-14-7-15-29(39)36(28)41-32-18-8-17-31-34(32)37(26-20-19-23(21-33(26)41)22-9-2-1-3-10-22)27-13-6-12-25-24-11-4-5-16-30(24)40(31)35(25)27/h1-21H. The number of fused-ring (bicyclic) bond motifs is 7. The highest BCUT2D eigenvalue weighted by molar-refractivity contribution is 7.00. The second kappa shape index (κ2) is 8.18. The molecule has 0 saturated heterocycles. The van der Waals surface area contributed by atoms with E-state index >= 15 is 8.78 Å². The number of benzene rings is 6. The zero-order valence-corrected chi connectivity index (χ0v) is 21.9. The Balaban J connectivity index is 1.44. The number of aromatic nitrogens is 1. The fraction of sp³-hybridized carbons (Fsp3) is 0. The lowest BCUT2D eigenvalue weighted by Gasteiger charge is -2.40. The first kappa shape index (κ1) is 22.6. The molecule has 6 aromatic carbocycles. The first-order valence-corrected chi connectivity index (χ1v) is 13.8. The lowest BCUT2D eigenvalue weighted by Crippen LogP contribution is -2.60. The summed E-state index contributed by atoms with van der Waals surface area (Å²) in [4.78, 5) is 1.79. The van der Waals surface area contributed by atoms with Crippen molar-refractivity contribution in [3.63, 3.8) is 0 Å². The van der Waals surface area contributed by atoms with Gasteiger partial charge in [-0.25, -0.2) is 8.78 Å². The molecule has 0 atom stereocenters. The van der Waals surface area contributed by atoms with Gasteiger partial charge in [-0.3, -0.25) is 0 Å². The number of halogens is 2. The van der Waals surface area contributed by atoms with Crippen molar-refractivity contribution in [2.45, 2.75) is 0 Å². The Hall–Kier alpha value is -5.16. The van der Waals surface area contributed by atoms with E-state index in [9.17, 15) is 0 Å². The Bertz CT molecular complexity index is 2180. The van der Waals surface area contributed by atoms with Gasteiger partial charge in [0.1, 0.15) is 17.3 Å². The van der Waals surface area contributed by atoms with Crippen LogP contribution in [0.5, 0.6) is 0 Å². The van der Waals surface area contributed by atoms with Gasteiger partial charge in [-0.05, 0) is 63.9 Å². The number of nitrogens with zero attached hydrogens (tertiary/aromatic N) is 2. The summed E-state index contributed by atoms with van der Waals surface area (Å²) in [6.45, 7) is -0.0902. The molecule has 0 saturated carbocycles. The van der Waals surface area contributed by atoms with Crippen LogP contribution in [0.25, 0.3) is 38.6 Å². The molecule has 3 heterocycles. The van der Waals surface area contributed by atoms with Gasteiger partial charge in [0, 0.05) is 33.4 Å². The quantitative estimate of drug-likeness (QED) is 0.212. The topological polar surface area (TPSA) is 8.17 Å². The van der Waals surface area contributed by atoms with Crippen LogP contribution in [-0.2, 0) is 0 Å². The molecule has 0 radical (unpaired) electrons. The second-order valence-corrected chi connectivity index (χ2v) is 10.8. The molecule has 0 N–H and O–H groups in total. The van der Waals surface area contributed by atoms with Gasteiger partial charge < -0.3 is 9.47 Å². The fourth-order valence-electron chi connectivity index (χ4n) is 7.10. The van der Waals surface area contributed by atoms with E-state index < -0.39 is 11.6 Å². The molecule has 1 aromatic heterocycles. The normalized spacial score (nSPS) is 13.0. The Labute approximate surface area is 235 Å². The summed E-state index contributed by atoms with van der Waals surface area (Å²) in [5.41, 5.74) is 10.2. The minimum absolute atomic E-state index is 0.0628. The summed E-state index contributed by atoms with van der Waals surface area (Å²) >= 11 is 0. The molecule has 0 aliphatic carbocycles. The highest BCUT2D eigenvalue weighted by Gasteiger charge is 2.42. The van der Waals surface area contributed by atoms with Gasteiger partial charge in [-0.2, -0.15) is 0 Å².